The number of hydrogen-bond acceptors (Lipinski definition) is 5. The van der Waals surface area contributed by atoms with Gasteiger partial charge in [-0.05, 0) is 40.3 Å². The molecule has 1 atom stereocenters. The minimum atomic E-state index is 0.0905. The van der Waals surface area contributed by atoms with Gasteiger partial charge in [-0.15, -0.1) is 0 Å². The van der Waals surface area contributed by atoms with E-state index in [9.17, 15) is 4.79 Å². The summed E-state index contributed by atoms with van der Waals surface area (Å²) in [6, 6.07) is 0.0905. The number of aromatic nitrogens is 2. The number of aryl methyl sites for hydroxylation is 1. The second-order valence-electron chi connectivity index (χ2n) is 7.34. The van der Waals surface area contributed by atoms with Crippen molar-refractivity contribution in [3.8, 4) is 0 Å². The van der Waals surface area contributed by atoms with E-state index in [1.54, 1.807) is 0 Å². The average molecular weight is 349 g/mol. The Hall–Kier alpha value is -1.44. The number of carbonyl (C=O) groups is 1. The Morgan fingerprint density at radius 2 is 1.92 bits per heavy atom. The SMILES string of the molecule is Cc1nn(CCO)c(C)c1CN1CCN(C(=O)C2CCCN2C)CC1. The van der Waals surface area contributed by atoms with E-state index < -0.39 is 0 Å². The van der Waals surface area contributed by atoms with Crippen molar-refractivity contribution < 1.29 is 9.90 Å². The molecule has 1 unspecified atom stereocenters. The van der Waals surface area contributed by atoms with Crippen LogP contribution in [0.2, 0.25) is 0 Å². The number of aliphatic hydroxyl groups excluding tert-OH is 1. The van der Waals surface area contributed by atoms with E-state index in [0.29, 0.717) is 12.5 Å². The fourth-order valence-corrected chi connectivity index (χ4v) is 4.06. The predicted molar refractivity (Wildman–Crippen MR) is 96.3 cm³/mol. The molecule has 0 spiro atoms. The maximum absolute atomic E-state index is 12.7. The molecule has 0 aliphatic carbocycles. The third-order valence-corrected chi connectivity index (χ3v) is 5.71. The lowest BCUT2D eigenvalue weighted by Crippen LogP contribution is -2.52. The molecule has 1 N–H and O–H groups in total. The Balaban J connectivity index is 1.55. The van der Waals surface area contributed by atoms with Gasteiger partial charge in [0.2, 0.25) is 5.91 Å². The van der Waals surface area contributed by atoms with Crippen molar-refractivity contribution in [2.75, 3.05) is 46.4 Å². The lowest BCUT2D eigenvalue weighted by Gasteiger charge is -2.37. The molecule has 0 radical (unpaired) electrons. The fourth-order valence-electron chi connectivity index (χ4n) is 4.06. The van der Waals surface area contributed by atoms with Crippen LogP contribution in [0, 0.1) is 13.8 Å². The molecule has 7 heteroatoms. The van der Waals surface area contributed by atoms with Crippen molar-refractivity contribution >= 4 is 5.91 Å². The number of carbonyl (C=O) groups excluding carboxylic acids is 1. The van der Waals surface area contributed by atoms with Crippen molar-refractivity contribution in [3.05, 3.63) is 17.0 Å². The number of piperazine rings is 1. The molecule has 2 saturated heterocycles. The molecule has 2 fully saturated rings. The number of nitrogens with zero attached hydrogens (tertiary/aromatic N) is 5. The summed E-state index contributed by atoms with van der Waals surface area (Å²) in [6.45, 7) is 10.1. The molecule has 25 heavy (non-hydrogen) atoms. The first-order chi connectivity index (χ1) is 12.0. The maximum Gasteiger partial charge on any atom is 0.240 e. The minimum Gasteiger partial charge on any atom is -0.394 e. The van der Waals surface area contributed by atoms with Crippen molar-refractivity contribution in [1.29, 1.82) is 0 Å². The van der Waals surface area contributed by atoms with Crippen LogP contribution in [-0.2, 0) is 17.9 Å². The molecule has 2 aliphatic rings. The maximum atomic E-state index is 12.7. The van der Waals surface area contributed by atoms with E-state index >= 15 is 0 Å². The van der Waals surface area contributed by atoms with E-state index in [-0.39, 0.29) is 12.6 Å². The summed E-state index contributed by atoms with van der Waals surface area (Å²) in [4.78, 5) is 19.3. The monoisotopic (exact) mass is 349 g/mol. The summed E-state index contributed by atoms with van der Waals surface area (Å²) >= 11 is 0. The van der Waals surface area contributed by atoms with Crippen LogP contribution < -0.4 is 0 Å². The molecule has 1 aromatic heterocycles. The average Bonchev–Trinajstić information content (AvgIpc) is 3.14. The van der Waals surface area contributed by atoms with Gasteiger partial charge in [-0.2, -0.15) is 5.10 Å². The highest BCUT2D eigenvalue weighted by atomic mass is 16.3. The first kappa shape index (κ1) is 18.4. The molecular weight excluding hydrogens is 318 g/mol. The third kappa shape index (κ3) is 3.88. The molecule has 7 nitrogen and oxygen atoms in total. The summed E-state index contributed by atoms with van der Waals surface area (Å²) in [7, 11) is 2.06. The van der Waals surface area contributed by atoms with E-state index in [0.717, 1.165) is 63.5 Å². The Kier molecular flexibility index (Phi) is 5.76. The van der Waals surface area contributed by atoms with Crippen molar-refractivity contribution in [2.24, 2.45) is 0 Å². The Morgan fingerprint density at radius 1 is 1.20 bits per heavy atom. The molecule has 0 saturated carbocycles. The molecular formula is C18H31N5O2. The summed E-state index contributed by atoms with van der Waals surface area (Å²) in [5.74, 6) is 0.308. The second kappa shape index (κ2) is 7.85. The molecule has 140 valence electrons. The van der Waals surface area contributed by atoms with E-state index in [1.807, 2.05) is 16.5 Å². The lowest BCUT2D eigenvalue weighted by molar-refractivity contribution is -0.137. The summed E-state index contributed by atoms with van der Waals surface area (Å²) in [6.07, 6.45) is 2.13. The fraction of sp³-hybridized carbons (Fsp3) is 0.778. The highest BCUT2D eigenvalue weighted by molar-refractivity contribution is 5.82. The zero-order valence-corrected chi connectivity index (χ0v) is 15.7. The van der Waals surface area contributed by atoms with Gasteiger partial charge in [0, 0.05) is 44.0 Å². The molecule has 0 bridgehead atoms. The first-order valence-corrected chi connectivity index (χ1v) is 9.36. The zero-order chi connectivity index (χ0) is 18.0. The molecule has 1 amide bonds. The van der Waals surface area contributed by atoms with Crippen LogP contribution in [0.4, 0.5) is 0 Å². The first-order valence-electron chi connectivity index (χ1n) is 9.36. The molecule has 3 heterocycles. The number of likely N-dealkylation sites (tertiary alicyclic amines) is 1. The standard InChI is InChI=1S/C18H31N5O2/c1-14-16(15(2)23(19-14)11-12-24)13-21-7-9-22(10-8-21)18(25)17-5-4-6-20(17)3/h17,24H,4-13H2,1-3H3. The highest BCUT2D eigenvalue weighted by Gasteiger charge is 2.32. The van der Waals surface area contributed by atoms with Crippen LogP contribution >= 0.6 is 0 Å². The van der Waals surface area contributed by atoms with E-state index in [1.165, 1.54) is 5.56 Å². The van der Waals surface area contributed by atoms with Crippen molar-refractivity contribution in [3.63, 3.8) is 0 Å². The van der Waals surface area contributed by atoms with Gasteiger partial charge in [0.15, 0.2) is 0 Å². The number of likely N-dealkylation sites (N-methyl/N-ethyl adjacent to an activating group) is 1. The number of rotatable bonds is 5. The second-order valence-corrected chi connectivity index (χ2v) is 7.34. The number of amides is 1. The molecule has 3 rings (SSSR count). The Labute approximate surface area is 150 Å². The van der Waals surface area contributed by atoms with Gasteiger partial charge in [-0.3, -0.25) is 19.3 Å². The summed E-state index contributed by atoms with van der Waals surface area (Å²) in [5.41, 5.74) is 3.43. The zero-order valence-electron chi connectivity index (χ0n) is 15.7. The van der Waals surface area contributed by atoms with Crippen LogP contribution in [0.25, 0.3) is 0 Å². The highest BCUT2D eigenvalue weighted by Crippen LogP contribution is 2.20. The molecule has 2 aliphatic heterocycles. The van der Waals surface area contributed by atoms with Crippen molar-refractivity contribution in [1.82, 2.24) is 24.5 Å². The van der Waals surface area contributed by atoms with Gasteiger partial charge >= 0.3 is 0 Å². The smallest absolute Gasteiger partial charge is 0.240 e. The Bertz CT molecular complexity index is 607. The van der Waals surface area contributed by atoms with Crippen LogP contribution in [0.1, 0.15) is 29.8 Å². The normalized spacial score (nSPS) is 22.7. The van der Waals surface area contributed by atoms with Crippen LogP contribution in [0.5, 0.6) is 0 Å². The van der Waals surface area contributed by atoms with Crippen molar-refractivity contribution in [2.45, 2.75) is 45.8 Å². The van der Waals surface area contributed by atoms with Gasteiger partial charge in [0.25, 0.3) is 0 Å². The van der Waals surface area contributed by atoms with Crippen LogP contribution in [0.3, 0.4) is 0 Å². The van der Waals surface area contributed by atoms with E-state index in [2.05, 4.69) is 28.9 Å². The lowest BCUT2D eigenvalue weighted by atomic mass is 10.1. The third-order valence-electron chi connectivity index (χ3n) is 5.71. The number of hydrogen-bond donors (Lipinski definition) is 1. The van der Waals surface area contributed by atoms with Gasteiger partial charge in [-0.1, -0.05) is 0 Å². The predicted octanol–water partition coefficient (Wildman–Crippen LogP) is 0.231. The van der Waals surface area contributed by atoms with Gasteiger partial charge in [0.1, 0.15) is 0 Å². The topological polar surface area (TPSA) is 64.8 Å². The van der Waals surface area contributed by atoms with Gasteiger partial charge in [-0.25, -0.2) is 0 Å². The molecule has 1 aromatic rings. The van der Waals surface area contributed by atoms with E-state index in [4.69, 9.17) is 5.11 Å². The quantitative estimate of drug-likeness (QED) is 0.824. The largest absolute Gasteiger partial charge is 0.394 e. The summed E-state index contributed by atoms with van der Waals surface area (Å²) < 4.78 is 1.89. The molecule has 0 aromatic carbocycles. The Morgan fingerprint density at radius 3 is 2.52 bits per heavy atom. The number of aliphatic hydroxyl groups is 1. The van der Waals surface area contributed by atoms with Crippen LogP contribution in [-0.4, -0.2) is 87.9 Å². The van der Waals surface area contributed by atoms with Crippen LogP contribution in [0.15, 0.2) is 0 Å². The summed E-state index contributed by atoms with van der Waals surface area (Å²) in [5, 5.41) is 13.7. The van der Waals surface area contributed by atoms with Gasteiger partial charge in [0.05, 0.1) is 24.9 Å². The minimum absolute atomic E-state index is 0.0905. The van der Waals surface area contributed by atoms with Gasteiger partial charge < -0.3 is 10.0 Å².